The van der Waals surface area contributed by atoms with Crippen LogP contribution in [0.1, 0.15) is 5.56 Å². The maximum Gasteiger partial charge on any atom is 0.133 e. The Balaban J connectivity index is 2.28. The van der Waals surface area contributed by atoms with E-state index >= 15 is 0 Å². The van der Waals surface area contributed by atoms with Crippen LogP contribution >= 0.6 is 38.5 Å². The molecule has 2 aromatic carbocycles. The van der Waals surface area contributed by atoms with Crippen molar-refractivity contribution in [2.24, 2.45) is 5.73 Å². The van der Waals surface area contributed by atoms with Crippen molar-refractivity contribution < 1.29 is 4.74 Å². The maximum absolute atomic E-state index is 5.82. The van der Waals surface area contributed by atoms with Crippen molar-refractivity contribution in [3.05, 3.63) is 56.1 Å². The van der Waals surface area contributed by atoms with E-state index in [-0.39, 0.29) is 0 Å². The normalized spacial score (nSPS) is 10.3. The van der Waals surface area contributed by atoms with E-state index < -0.39 is 0 Å². The van der Waals surface area contributed by atoms with Gasteiger partial charge in [-0.2, -0.15) is 0 Å². The average Bonchev–Trinajstić information content (AvgIpc) is 2.32. The first-order valence-electron chi connectivity index (χ1n) is 5.11. The topological polar surface area (TPSA) is 35.2 Å². The van der Waals surface area contributed by atoms with Gasteiger partial charge in [0.2, 0.25) is 0 Å². The first-order chi connectivity index (χ1) is 8.19. The molecule has 2 nitrogen and oxygen atoms in total. The summed E-state index contributed by atoms with van der Waals surface area (Å²) in [5, 5.41) is 0. The van der Waals surface area contributed by atoms with Gasteiger partial charge in [-0.1, -0.05) is 22.0 Å². The number of hydrogen-bond acceptors (Lipinski definition) is 2. The summed E-state index contributed by atoms with van der Waals surface area (Å²) in [7, 11) is 0. The summed E-state index contributed by atoms with van der Waals surface area (Å²) in [5.41, 5.74) is 6.67. The maximum atomic E-state index is 5.82. The number of halogens is 2. The van der Waals surface area contributed by atoms with Gasteiger partial charge >= 0.3 is 0 Å². The van der Waals surface area contributed by atoms with Crippen LogP contribution in [0.15, 0.2) is 46.9 Å². The molecule has 0 atom stereocenters. The van der Waals surface area contributed by atoms with Crippen LogP contribution < -0.4 is 10.5 Å². The highest BCUT2D eigenvalue weighted by atomic mass is 127. The van der Waals surface area contributed by atoms with E-state index in [4.69, 9.17) is 10.5 Å². The summed E-state index contributed by atoms with van der Waals surface area (Å²) < 4.78 is 7.99. The number of benzene rings is 2. The quantitative estimate of drug-likeness (QED) is 0.775. The van der Waals surface area contributed by atoms with Crippen LogP contribution in [-0.4, -0.2) is 0 Å². The average molecular weight is 404 g/mol. The fraction of sp³-hybridized carbons (Fsp3) is 0.0769. The third-order valence-corrected chi connectivity index (χ3v) is 3.50. The zero-order valence-corrected chi connectivity index (χ0v) is 12.7. The van der Waals surface area contributed by atoms with Gasteiger partial charge in [0.15, 0.2) is 0 Å². The van der Waals surface area contributed by atoms with Crippen molar-refractivity contribution >= 4 is 38.5 Å². The summed E-state index contributed by atoms with van der Waals surface area (Å²) in [6.45, 7) is 0.465. The molecule has 2 rings (SSSR count). The molecule has 2 aromatic rings. The molecule has 0 aliphatic heterocycles. The lowest BCUT2D eigenvalue weighted by atomic mass is 10.2. The minimum atomic E-state index is 0.465. The summed E-state index contributed by atoms with van der Waals surface area (Å²) in [4.78, 5) is 0. The van der Waals surface area contributed by atoms with Crippen molar-refractivity contribution in [2.75, 3.05) is 0 Å². The van der Waals surface area contributed by atoms with Gasteiger partial charge < -0.3 is 10.5 Å². The Bertz CT molecular complexity index is 513. The molecule has 0 heterocycles. The molecule has 0 aliphatic rings. The highest BCUT2D eigenvalue weighted by Gasteiger charge is 2.04. The molecule has 0 saturated carbocycles. The SMILES string of the molecule is NCc1ccc(Br)cc1Oc1ccc(I)cc1. The minimum absolute atomic E-state index is 0.465. The molecule has 0 unspecified atom stereocenters. The number of nitrogens with two attached hydrogens (primary N) is 1. The Labute approximate surface area is 122 Å². The molecule has 0 fully saturated rings. The molecule has 17 heavy (non-hydrogen) atoms. The number of hydrogen-bond donors (Lipinski definition) is 1. The van der Waals surface area contributed by atoms with Gasteiger partial charge in [0.1, 0.15) is 11.5 Å². The van der Waals surface area contributed by atoms with E-state index in [0.717, 1.165) is 21.5 Å². The third-order valence-electron chi connectivity index (χ3n) is 2.29. The van der Waals surface area contributed by atoms with E-state index in [2.05, 4.69) is 38.5 Å². The van der Waals surface area contributed by atoms with Crippen molar-refractivity contribution in [1.82, 2.24) is 0 Å². The molecule has 88 valence electrons. The molecule has 0 saturated heterocycles. The highest BCUT2D eigenvalue weighted by Crippen LogP contribution is 2.28. The first-order valence-corrected chi connectivity index (χ1v) is 6.98. The van der Waals surface area contributed by atoms with Gasteiger partial charge in [-0.15, -0.1) is 0 Å². The molecule has 0 amide bonds. The van der Waals surface area contributed by atoms with Crippen LogP contribution in [0.25, 0.3) is 0 Å². The highest BCUT2D eigenvalue weighted by molar-refractivity contribution is 14.1. The minimum Gasteiger partial charge on any atom is -0.457 e. The van der Waals surface area contributed by atoms with Crippen molar-refractivity contribution in [3.63, 3.8) is 0 Å². The van der Waals surface area contributed by atoms with E-state index in [1.807, 2.05) is 42.5 Å². The van der Waals surface area contributed by atoms with Crippen LogP contribution in [0.4, 0.5) is 0 Å². The van der Waals surface area contributed by atoms with E-state index in [9.17, 15) is 0 Å². The lowest BCUT2D eigenvalue weighted by molar-refractivity contribution is 0.476. The predicted octanol–water partition coefficient (Wildman–Crippen LogP) is 4.30. The van der Waals surface area contributed by atoms with Crippen LogP contribution in [-0.2, 0) is 6.54 Å². The largest absolute Gasteiger partial charge is 0.457 e. The van der Waals surface area contributed by atoms with Gasteiger partial charge in [0, 0.05) is 20.2 Å². The molecule has 2 N–H and O–H groups in total. The van der Waals surface area contributed by atoms with Crippen LogP contribution in [0.3, 0.4) is 0 Å². The van der Waals surface area contributed by atoms with Crippen molar-refractivity contribution in [2.45, 2.75) is 6.54 Å². The van der Waals surface area contributed by atoms with Gasteiger partial charge in [-0.05, 0) is 59.0 Å². The fourth-order valence-corrected chi connectivity index (χ4v) is 2.12. The lowest BCUT2D eigenvalue weighted by Gasteiger charge is -2.10. The van der Waals surface area contributed by atoms with Crippen LogP contribution in [0.2, 0.25) is 0 Å². The summed E-state index contributed by atoms with van der Waals surface area (Å²) in [5.74, 6) is 1.61. The molecule has 0 aliphatic carbocycles. The van der Waals surface area contributed by atoms with Crippen molar-refractivity contribution in [1.29, 1.82) is 0 Å². The molecular weight excluding hydrogens is 393 g/mol. The first kappa shape index (κ1) is 12.9. The number of rotatable bonds is 3. The third kappa shape index (κ3) is 3.43. The van der Waals surface area contributed by atoms with E-state index in [1.165, 1.54) is 3.57 Å². The van der Waals surface area contributed by atoms with Gasteiger partial charge in [-0.25, -0.2) is 0 Å². The van der Waals surface area contributed by atoms with Gasteiger partial charge in [-0.3, -0.25) is 0 Å². The fourth-order valence-electron chi connectivity index (χ4n) is 1.42. The Morgan fingerprint density at radius 2 is 1.82 bits per heavy atom. The second-order valence-corrected chi connectivity index (χ2v) is 5.67. The summed E-state index contributed by atoms with van der Waals surface area (Å²) >= 11 is 5.69. The summed E-state index contributed by atoms with van der Waals surface area (Å²) in [6.07, 6.45) is 0. The molecule has 0 bridgehead atoms. The molecule has 0 aromatic heterocycles. The zero-order valence-electron chi connectivity index (χ0n) is 8.99. The van der Waals surface area contributed by atoms with Crippen LogP contribution in [0, 0.1) is 3.57 Å². The second kappa shape index (κ2) is 5.84. The monoisotopic (exact) mass is 403 g/mol. The Morgan fingerprint density at radius 1 is 1.12 bits per heavy atom. The predicted molar refractivity (Wildman–Crippen MR) is 81.3 cm³/mol. The Hall–Kier alpha value is -0.590. The lowest BCUT2D eigenvalue weighted by Crippen LogP contribution is -1.99. The second-order valence-electron chi connectivity index (χ2n) is 3.51. The van der Waals surface area contributed by atoms with Crippen LogP contribution in [0.5, 0.6) is 11.5 Å². The Kier molecular flexibility index (Phi) is 4.42. The molecule has 0 spiro atoms. The standard InChI is InChI=1S/C13H11BrINO/c14-10-2-1-9(8-16)13(7-10)17-12-5-3-11(15)4-6-12/h1-7H,8,16H2. The molecule has 4 heteroatoms. The molecule has 0 radical (unpaired) electrons. The van der Waals surface area contributed by atoms with E-state index in [0.29, 0.717) is 6.54 Å². The number of ether oxygens (including phenoxy) is 1. The van der Waals surface area contributed by atoms with Gasteiger partial charge in [0.05, 0.1) is 0 Å². The Morgan fingerprint density at radius 3 is 2.47 bits per heavy atom. The van der Waals surface area contributed by atoms with Crippen molar-refractivity contribution in [3.8, 4) is 11.5 Å². The van der Waals surface area contributed by atoms with Gasteiger partial charge in [0.25, 0.3) is 0 Å². The zero-order chi connectivity index (χ0) is 12.3. The van der Waals surface area contributed by atoms with E-state index in [1.54, 1.807) is 0 Å². The smallest absolute Gasteiger partial charge is 0.133 e. The summed E-state index contributed by atoms with van der Waals surface area (Å²) in [6, 6.07) is 13.8. The molecular formula is C13H11BrINO.